The van der Waals surface area contributed by atoms with E-state index in [1.165, 1.54) is 11.2 Å². The van der Waals surface area contributed by atoms with Gasteiger partial charge in [-0.05, 0) is 56.5 Å². The summed E-state index contributed by atoms with van der Waals surface area (Å²) in [4.78, 5) is 30.8. The zero-order chi connectivity index (χ0) is 22.2. The maximum absolute atomic E-state index is 13.2. The SMILES string of the molecule is CC(=O)N1CCCc2cc(S(=O)(=O)N3CCC(C(=O)N4CCN(C)CC4)CC3)ccc21. The minimum atomic E-state index is -3.62. The Kier molecular flexibility index (Phi) is 6.37. The van der Waals surface area contributed by atoms with Gasteiger partial charge < -0.3 is 14.7 Å². The molecule has 0 saturated carbocycles. The fourth-order valence-corrected chi connectivity index (χ4v) is 6.36. The molecule has 1 aromatic carbocycles. The average molecular weight is 449 g/mol. The average Bonchev–Trinajstić information content (AvgIpc) is 2.78. The van der Waals surface area contributed by atoms with Crippen molar-refractivity contribution in [3.8, 4) is 0 Å². The van der Waals surface area contributed by atoms with E-state index in [1.807, 2.05) is 4.90 Å². The summed E-state index contributed by atoms with van der Waals surface area (Å²) in [5.74, 6) is 0.0504. The van der Waals surface area contributed by atoms with Gasteiger partial charge >= 0.3 is 0 Å². The van der Waals surface area contributed by atoms with E-state index in [0.717, 1.165) is 50.3 Å². The molecule has 8 nitrogen and oxygen atoms in total. The van der Waals surface area contributed by atoms with Gasteiger partial charge in [-0.2, -0.15) is 4.31 Å². The van der Waals surface area contributed by atoms with E-state index in [1.54, 1.807) is 23.1 Å². The Morgan fingerprint density at radius 3 is 2.29 bits per heavy atom. The third-order valence-corrected chi connectivity index (χ3v) is 8.70. The van der Waals surface area contributed by atoms with E-state index in [4.69, 9.17) is 0 Å². The van der Waals surface area contributed by atoms with Crippen molar-refractivity contribution < 1.29 is 18.0 Å². The van der Waals surface area contributed by atoms with E-state index >= 15 is 0 Å². The van der Waals surface area contributed by atoms with Crippen LogP contribution >= 0.6 is 0 Å². The minimum Gasteiger partial charge on any atom is -0.340 e. The highest BCUT2D eigenvalue weighted by molar-refractivity contribution is 7.89. The Morgan fingerprint density at radius 1 is 0.968 bits per heavy atom. The first-order valence-corrected chi connectivity index (χ1v) is 12.6. The molecular weight excluding hydrogens is 416 g/mol. The van der Waals surface area contributed by atoms with Gasteiger partial charge in [0.25, 0.3) is 0 Å². The van der Waals surface area contributed by atoms with Gasteiger partial charge in [0.15, 0.2) is 0 Å². The summed E-state index contributed by atoms with van der Waals surface area (Å²) in [6, 6.07) is 5.09. The lowest BCUT2D eigenvalue weighted by molar-refractivity contribution is -0.138. The van der Waals surface area contributed by atoms with E-state index < -0.39 is 10.0 Å². The lowest BCUT2D eigenvalue weighted by Crippen LogP contribution is -2.51. The van der Waals surface area contributed by atoms with Crippen LogP contribution in [0.3, 0.4) is 0 Å². The van der Waals surface area contributed by atoms with Crippen molar-refractivity contribution in [1.82, 2.24) is 14.1 Å². The van der Waals surface area contributed by atoms with E-state index in [2.05, 4.69) is 11.9 Å². The van der Waals surface area contributed by atoms with Crippen LogP contribution in [0.25, 0.3) is 0 Å². The molecule has 2 saturated heterocycles. The lowest BCUT2D eigenvalue weighted by Gasteiger charge is -2.37. The molecule has 0 spiro atoms. The van der Waals surface area contributed by atoms with Crippen LogP contribution in [-0.2, 0) is 26.0 Å². The number of carbonyl (C=O) groups is 2. The van der Waals surface area contributed by atoms with Crippen LogP contribution in [-0.4, -0.2) is 87.2 Å². The van der Waals surface area contributed by atoms with Crippen molar-refractivity contribution >= 4 is 27.5 Å². The maximum Gasteiger partial charge on any atom is 0.243 e. The number of anilines is 1. The lowest BCUT2D eigenvalue weighted by atomic mass is 9.96. The summed E-state index contributed by atoms with van der Waals surface area (Å²) in [6.45, 7) is 6.21. The second kappa shape index (κ2) is 8.88. The van der Waals surface area contributed by atoms with Gasteiger partial charge in [-0.15, -0.1) is 0 Å². The topological polar surface area (TPSA) is 81.2 Å². The molecule has 4 rings (SSSR count). The summed E-state index contributed by atoms with van der Waals surface area (Å²) in [7, 11) is -1.56. The molecule has 9 heteroatoms. The molecule has 1 aromatic rings. The van der Waals surface area contributed by atoms with Crippen molar-refractivity contribution in [1.29, 1.82) is 0 Å². The third-order valence-electron chi connectivity index (χ3n) is 6.81. The van der Waals surface area contributed by atoms with Crippen molar-refractivity contribution in [3.63, 3.8) is 0 Å². The number of sulfonamides is 1. The van der Waals surface area contributed by atoms with Crippen LogP contribution in [0.1, 0.15) is 31.7 Å². The van der Waals surface area contributed by atoms with Gasteiger partial charge in [-0.1, -0.05) is 0 Å². The molecule has 3 aliphatic heterocycles. The van der Waals surface area contributed by atoms with Gasteiger partial charge in [-0.25, -0.2) is 8.42 Å². The van der Waals surface area contributed by atoms with Crippen molar-refractivity contribution in [2.45, 2.75) is 37.5 Å². The molecule has 0 atom stereocenters. The molecule has 0 N–H and O–H groups in total. The quantitative estimate of drug-likeness (QED) is 0.693. The molecule has 0 bridgehead atoms. The van der Waals surface area contributed by atoms with Gasteiger partial charge in [0.1, 0.15) is 0 Å². The van der Waals surface area contributed by atoms with Crippen LogP contribution in [0.15, 0.2) is 23.1 Å². The summed E-state index contributed by atoms with van der Waals surface area (Å²) in [6.07, 6.45) is 2.72. The molecule has 0 aromatic heterocycles. The maximum atomic E-state index is 13.2. The number of carbonyl (C=O) groups excluding carboxylic acids is 2. The molecule has 3 heterocycles. The number of amides is 2. The number of piperidine rings is 1. The number of aryl methyl sites for hydroxylation is 1. The predicted octanol–water partition coefficient (Wildman–Crippen LogP) is 1.16. The van der Waals surface area contributed by atoms with Crippen molar-refractivity contribution in [3.05, 3.63) is 23.8 Å². The van der Waals surface area contributed by atoms with Gasteiger partial charge in [0.05, 0.1) is 4.90 Å². The predicted molar refractivity (Wildman–Crippen MR) is 118 cm³/mol. The summed E-state index contributed by atoms with van der Waals surface area (Å²) < 4.78 is 28.0. The van der Waals surface area contributed by atoms with Crippen LogP contribution in [0.2, 0.25) is 0 Å². The smallest absolute Gasteiger partial charge is 0.243 e. The number of nitrogens with zero attached hydrogens (tertiary/aromatic N) is 4. The molecule has 0 radical (unpaired) electrons. The molecule has 2 fully saturated rings. The number of rotatable bonds is 3. The number of hydrogen-bond donors (Lipinski definition) is 0. The molecule has 2 amide bonds. The van der Waals surface area contributed by atoms with Crippen LogP contribution in [0.4, 0.5) is 5.69 Å². The second-order valence-corrected chi connectivity index (χ2v) is 10.8. The highest BCUT2D eigenvalue weighted by Gasteiger charge is 2.35. The summed E-state index contributed by atoms with van der Waals surface area (Å²) in [5.41, 5.74) is 1.72. The Morgan fingerprint density at radius 2 is 1.65 bits per heavy atom. The zero-order valence-corrected chi connectivity index (χ0v) is 19.2. The van der Waals surface area contributed by atoms with Gasteiger partial charge in [0.2, 0.25) is 21.8 Å². The fourth-order valence-electron chi connectivity index (χ4n) is 4.84. The number of piperazine rings is 1. The minimum absolute atomic E-state index is 0.0244. The summed E-state index contributed by atoms with van der Waals surface area (Å²) >= 11 is 0. The molecule has 0 aliphatic carbocycles. The monoisotopic (exact) mass is 448 g/mol. The normalized spacial score (nSPS) is 21.7. The Labute approximate surface area is 184 Å². The highest BCUT2D eigenvalue weighted by atomic mass is 32.2. The van der Waals surface area contributed by atoms with E-state index in [9.17, 15) is 18.0 Å². The molecule has 3 aliphatic rings. The second-order valence-electron chi connectivity index (χ2n) is 8.87. The fraction of sp³-hybridized carbons (Fsp3) is 0.636. The van der Waals surface area contributed by atoms with Crippen LogP contribution in [0.5, 0.6) is 0 Å². The van der Waals surface area contributed by atoms with Gasteiger partial charge in [-0.3, -0.25) is 9.59 Å². The number of hydrogen-bond acceptors (Lipinski definition) is 5. The van der Waals surface area contributed by atoms with Crippen LogP contribution in [0, 0.1) is 5.92 Å². The third kappa shape index (κ3) is 4.49. The summed E-state index contributed by atoms with van der Waals surface area (Å²) in [5, 5.41) is 0. The molecule has 31 heavy (non-hydrogen) atoms. The Balaban J connectivity index is 1.42. The highest BCUT2D eigenvalue weighted by Crippen LogP contribution is 2.32. The van der Waals surface area contributed by atoms with E-state index in [0.29, 0.717) is 32.5 Å². The van der Waals surface area contributed by atoms with E-state index in [-0.39, 0.29) is 22.6 Å². The molecule has 0 unspecified atom stereocenters. The first-order valence-electron chi connectivity index (χ1n) is 11.2. The number of benzene rings is 1. The standard InChI is InChI=1S/C22H32N4O4S/c1-17(27)26-9-3-4-19-16-20(5-6-21(19)26)31(29,30)25-10-7-18(8-11-25)22(28)24-14-12-23(2)13-15-24/h5-6,16,18H,3-4,7-15H2,1-2H3. The Bertz CT molecular complexity index is 948. The molecule has 170 valence electrons. The first-order chi connectivity index (χ1) is 14.8. The number of likely N-dealkylation sites (N-methyl/N-ethyl adjacent to an activating group) is 1. The molecular formula is C22H32N4O4S. The van der Waals surface area contributed by atoms with Gasteiger partial charge in [0, 0.05) is 64.3 Å². The largest absolute Gasteiger partial charge is 0.340 e. The zero-order valence-electron chi connectivity index (χ0n) is 18.4. The van der Waals surface area contributed by atoms with Crippen molar-refractivity contribution in [2.24, 2.45) is 5.92 Å². The number of fused-ring (bicyclic) bond motifs is 1. The Hall–Kier alpha value is -1.97. The van der Waals surface area contributed by atoms with Crippen molar-refractivity contribution in [2.75, 3.05) is 57.8 Å². The van der Waals surface area contributed by atoms with Crippen LogP contribution < -0.4 is 4.90 Å². The first kappa shape index (κ1) is 22.2.